The summed E-state index contributed by atoms with van der Waals surface area (Å²) in [4.78, 5) is 16.1. The second-order valence-corrected chi connectivity index (χ2v) is 4.46. The van der Waals surface area contributed by atoms with Gasteiger partial charge in [0.2, 0.25) is 5.91 Å². The molecule has 0 saturated heterocycles. The molecule has 0 spiro atoms. The number of hydroxylamine groups is 1. The summed E-state index contributed by atoms with van der Waals surface area (Å²) in [5.74, 6) is 0.620. The number of fused-ring (bicyclic) bond motifs is 1. The van der Waals surface area contributed by atoms with E-state index in [1.165, 1.54) is 14.0 Å². The number of methoxy groups -OCH3 is 1. The highest BCUT2D eigenvalue weighted by Crippen LogP contribution is 2.27. The Kier molecular flexibility index (Phi) is 4.79. The fourth-order valence-corrected chi connectivity index (χ4v) is 2.06. The highest BCUT2D eigenvalue weighted by Gasteiger charge is 2.08. The predicted molar refractivity (Wildman–Crippen MR) is 82.4 cm³/mol. The molecule has 21 heavy (non-hydrogen) atoms. The first kappa shape index (κ1) is 14.9. The predicted octanol–water partition coefficient (Wildman–Crippen LogP) is 2.43. The lowest BCUT2D eigenvalue weighted by atomic mass is 10.0. The standard InChI is InChI=1S/C16H18N2O3/c1-11(19)17-10-16(18-21-3)14-6-4-5-12-7-8-13(20-2)9-15(12)14/h4-10,18H,1-3H3,(H,17,19). The van der Waals surface area contributed by atoms with Crippen LogP contribution in [0.15, 0.2) is 42.6 Å². The first-order valence-electron chi connectivity index (χ1n) is 6.49. The van der Waals surface area contributed by atoms with Crippen molar-refractivity contribution in [2.75, 3.05) is 14.2 Å². The number of rotatable bonds is 5. The topological polar surface area (TPSA) is 59.6 Å². The van der Waals surface area contributed by atoms with Gasteiger partial charge in [0.05, 0.1) is 19.9 Å². The monoisotopic (exact) mass is 286 g/mol. The Morgan fingerprint density at radius 1 is 1.19 bits per heavy atom. The fraction of sp³-hybridized carbons (Fsp3) is 0.188. The van der Waals surface area contributed by atoms with Crippen molar-refractivity contribution < 1.29 is 14.4 Å². The molecule has 0 aliphatic heterocycles. The van der Waals surface area contributed by atoms with Crippen molar-refractivity contribution in [1.29, 1.82) is 0 Å². The van der Waals surface area contributed by atoms with Crippen molar-refractivity contribution in [2.45, 2.75) is 6.92 Å². The number of carbonyl (C=O) groups is 1. The number of nitrogens with one attached hydrogen (secondary N) is 2. The molecule has 0 aliphatic rings. The SMILES string of the molecule is CONC(=CNC(C)=O)c1cccc2ccc(OC)cc12. The van der Waals surface area contributed by atoms with Gasteiger partial charge in [0.1, 0.15) is 5.75 Å². The van der Waals surface area contributed by atoms with Gasteiger partial charge in [0, 0.05) is 18.7 Å². The average molecular weight is 286 g/mol. The van der Waals surface area contributed by atoms with Gasteiger partial charge >= 0.3 is 0 Å². The van der Waals surface area contributed by atoms with Crippen molar-refractivity contribution in [3.8, 4) is 5.75 Å². The third kappa shape index (κ3) is 3.52. The Hall–Kier alpha value is -2.53. The molecule has 2 aromatic carbocycles. The van der Waals surface area contributed by atoms with E-state index in [2.05, 4.69) is 10.8 Å². The van der Waals surface area contributed by atoms with Gasteiger partial charge in [0.25, 0.3) is 0 Å². The van der Waals surface area contributed by atoms with E-state index in [-0.39, 0.29) is 5.91 Å². The van der Waals surface area contributed by atoms with Crippen LogP contribution in [0.25, 0.3) is 16.5 Å². The molecule has 2 N–H and O–H groups in total. The summed E-state index contributed by atoms with van der Waals surface area (Å²) in [7, 11) is 3.15. The van der Waals surface area contributed by atoms with Crippen molar-refractivity contribution in [2.24, 2.45) is 0 Å². The minimum atomic E-state index is -0.150. The molecule has 0 bridgehead atoms. The molecule has 0 unspecified atom stereocenters. The number of hydrogen-bond acceptors (Lipinski definition) is 4. The first-order chi connectivity index (χ1) is 10.2. The van der Waals surface area contributed by atoms with Crippen molar-refractivity contribution in [1.82, 2.24) is 10.8 Å². The van der Waals surface area contributed by atoms with Crippen molar-refractivity contribution in [3.63, 3.8) is 0 Å². The molecule has 2 aromatic rings. The van der Waals surface area contributed by atoms with Crippen LogP contribution >= 0.6 is 0 Å². The van der Waals surface area contributed by atoms with Gasteiger partial charge < -0.3 is 10.1 Å². The lowest BCUT2D eigenvalue weighted by molar-refractivity contribution is -0.118. The minimum Gasteiger partial charge on any atom is -0.497 e. The number of amides is 1. The smallest absolute Gasteiger partial charge is 0.220 e. The van der Waals surface area contributed by atoms with E-state index in [0.717, 1.165) is 22.1 Å². The maximum Gasteiger partial charge on any atom is 0.220 e. The third-order valence-electron chi connectivity index (χ3n) is 3.01. The van der Waals surface area contributed by atoms with Crippen LogP contribution in [0, 0.1) is 0 Å². The van der Waals surface area contributed by atoms with Crippen LogP contribution in [0.1, 0.15) is 12.5 Å². The Morgan fingerprint density at radius 2 is 2.00 bits per heavy atom. The Bertz CT molecular complexity index is 680. The maximum atomic E-state index is 11.1. The van der Waals surface area contributed by atoms with Crippen LogP contribution in [-0.2, 0) is 9.63 Å². The van der Waals surface area contributed by atoms with E-state index in [0.29, 0.717) is 5.70 Å². The Labute approximate surface area is 123 Å². The summed E-state index contributed by atoms with van der Waals surface area (Å²) >= 11 is 0. The van der Waals surface area contributed by atoms with E-state index < -0.39 is 0 Å². The molecule has 0 atom stereocenters. The molecule has 5 nitrogen and oxygen atoms in total. The lowest BCUT2D eigenvalue weighted by Crippen LogP contribution is -2.18. The molecular weight excluding hydrogens is 268 g/mol. The van der Waals surface area contributed by atoms with Crippen LogP contribution < -0.4 is 15.5 Å². The van der Waals surface area contributed by atoms with Crippen LogP contribution in [0.2, 0.25) is 0 Å². The quantitative estimate of drug-likeness (QED) is 0.829. The van der Waals surface area contributed by atoms with E-state index in [9.17, 15) is 4.79 Å². The maximum absolute atomic E-state index is 11.1. The van der Waals surface area contributed by atoms with E-state index in [1.807, 2.05) is 36.4 Å². The van der Waals surface area contributed by atoms with Gasteiger partial charge in [-0.15, -0.1) is 0 Å². The zero-order valence-electron chi connectivity index (χ0n) is 12.3. The largest absolute Gasteiger partial charge is 0.497 e. The van der Waals surface area contributed by atoms with Crippen molar-refractivity contribution in [3.05, 3.63) is 48.2 Å². The number of benzene rings is 2. The summed E-state index contributed by atoms with van der Waals surface area (Å²) in [6.07, 6.45) is 1.58. The molecule has 110 valence electrons. The summed E-state index contributed by atoms with van der Waals surface area (Å²) in [6.45, 7) is 1.45. The van der Waals surface area contributed by atoms with E-state index >= 15 is 0 Å². The molecule has 0 heterocycles. The van der Waals surface area contributed by atoms with Gasteiger partial charge in [-0.05, 0) is 22.9 Å². The van der Waals surface area contributed by atoms with Crippen LogP contribution in [0.3, 0.4) is 0 Å². The molecule has 1 amide bonds. The van der Waals surface area contributed by atoms with Gasteiger partial charge in [-0.25, -0.2) is 0 Å². The van der Waals surface area contributed by atoms with Crippen LogP contribution in [0.4, 0.5) is 0 Å². The highest BCUT2D eigenvalue weighted by molar-refractivity contribution is 5.94. The van der Waals surface area contributed by atoms with Crippen LogP contribution in [-0.4, -0.2) is 20.1 Å². The number of ether oxygens (including phenoxy) is 1. The zero-order chi connectivity index (χ0) is 15.2. The number of hydrogen-bond donors (Lipinski definition) is 2. The van der Waals surface area contributed by atoms with E-state index in [4.69, 9.17) is 9.57 Å². The molecule has 0 radical (unpaired) electrons. The van der Waals surface area contributed by atoms with Crippen molar-refractivity contribution >= 4 is 22.4 Å². The van der Waals surface area contributed by atoms with E-state index in [1.54, 1.807) is 13.3 Å². The normalized spacial score (nSPS) is 11.3. The average Bonchev–Trinajstić information content (AvgIpc) is 2.50. The summed E-state index contributed by atoms with van der Waals surface area (Å²) in [5.41, 5.74) is 4.35. The second kappa shape index (κ2) is 6.76. The Morgan fingerprint density at radius 3 is 2.67 bits per heavy atom. The van der Waals surface area contributed by atoms with Gasteiger partial charge in [-0.3, -0.25) is 15.1 Å². The summed E-state index contributed by atoms with van der Waals surface area (Å²) < 4.78 is 5.27. The second-order valence-electron chi connectivity index (χ2n) is 4.46. The molecule has 0 saturated carbocycles. The molecule has 0 aliphatic carbocycles. The van der Waals surface area contributed by atoms with Gasteiger partial charge in [0.15, 0.2) is 0 Å². The summed E-state index contributed by atoms with van der Waals surface area (Å²) in [6, 6.07) is 11.8. The highest BCUT2D eigenvalue weighted by atomic mass is 16.6. The lowest BCUT2D eigenvalue weighted by Gasteiger charge is -2.13. The molecule has 2 rings (SSSR count). The van der Waals surface area contributed by atoms with Gasteiger partial charge in [-0.2, -0.15) is 0 Å². The Balaban J connectivity index is 2.55. The zero-order valence-corrected chi connectivity index (χ0v) is 12.3. The molecular formula is C16H18N2O3. The summed E-state index contributed by atoms with van der Waals surface area (Å²) in [5, 5.41) is 4.72. The number of carbonyl (C=O) groups excluding carboxylic acids is 1. The minimum absolute atomic E-state index is 0.150. The third-order valence-corrected chi connectivity index (χ3v) is 3.01. The fourth-order valence-electron chi connectivity index (χ4n) is 2.06. The molecule has 5 heteroatoms. The molecule has 0 aromatic heterocycles. The first-order valence-corrected chi connectivity index (χ1v) is 6.49. The van der Waals surface area contributed by atoms with Gasteiger partial charge in [-0.1, -0.05) is 24.3 Å². The van der Waals surface area contributed by atoms with Crippen LogP contribution in [0.5, 0.6) is 5.75 Å². The molecule has 0 fully saturated rings.